The molecule has 0 fully saturated rings. The minimum atomic E-state index is -0.726. The molecule has 2 aromatic carbocycles. The maximum Gasteiger partial charge on any atom is 0.435 e. The number of aromatic nitrogens is 2. The molecule has 0 spiro atoms. The van der Waals surface area contributed by atoms with E-state index in [2.05, 4.69) is 34.9 Å². The number of ether oxygens (including phenoxy) is 1. The first-order valence-corrected chi connectivity index (χ1v) is 13.0. The van der Waals surface area contributed by atoms with Gasteiger partial charge in [0.05, 0.1) is 22.9 Å². The number of rotatable bonds is 8. The average molecular weight is 534 g/mol. The van der Waals surface area contributed by atoms with Crippen molar-refractivity contribution in [1.82, 2.24) is 20.4 Å². The van der Waals surface area contributed by atoms with E-state index in [4.69, 9.17) is 4.74 Å². The fourth-order valence-corrected chi connectivity index (χ4v) is 4.87. The standard InChI is InChI=1S/C28H31N5O4S/c1-17(2)29-16-18-11-13-19(14-12-18)24(34)30-23-21-15-22(38-26(21)33(32-23)27(36)37-5)25(35)31-28(3,4)20-9-7-6-8-10-20/h6-15,17,29H,16H2,1-5H3,(H,31,35)(H,30,32,34). The van der Waals surface area contributed by atoms with Crippen molar-refractivity contribution in [2.24, 2.45) is 0 Å². The van der Waals surface area contributed by atoms with Gasteiger partial charge in [-0.25, -0.2) is 4.79 Å². The molecule has 0 aliphatic rings. The molecule has 4 aromatic rings. The summed E-state index contributed by atoms with van der Waals surface area (Å²) >= 11 is 1.09. The molecule has 198 valence electrons. The topological polar surface area (TPSA) is 114 Å². The number of fused-ring (bicyclic) bond motifs is 1. The first kappa shape index (κ1) is 27.0. The molecule has 2 heterocycles. The Balaban J connectivity index is 1.59. The van der Waals surface area contributed by atoms with Crippen LogP contribution in [0, 0.1) is 0 Å². The number of hydrogen-bond donors (Lipinski definition) is 3. The highest BCUT2D eigenvalue weighted by Crippen LogP contribution is 2.33. The van der Waals surface area contributed by atoms with Crippen LogP contribution in [0.3, 0.4) is 0 Å². The largest absolute Gasteiger partial charge is 0.451 e. The summed E-state index contributed by atoms with van der Waals surface area (Å²) in [5.41, 5.74) is 1.82. The molecule has 9 nitrogen and oxygen atoms in total. The number of thiophene rings is 1. The van der Waals surface area contributed by atoms with Gasteiger partial charge in [-0.3, -0.25) is 9.59 Å². The van der Waals surface area contributed by atoms with Gasteiger partial charge in [0.15, 0.2) is 5.82 Å². The van der Waals surface area contributed by atoms with E-state index in [-0.39, 0.29) is 17.6 Å². The van der Waals surface area contributed by atoms with Gasteiger partial charge in [0.2, 0.25) is 0 Å². The third kappa shape index (κ3) is 5.92. The van der Waals surface area contributed by atoms with E-state index in [0.717, 1.165) is 27.1 Å². The summed E-state index contributed by atoms with van der Waals surface area (Å²) in [5, 5.41) is 13.9. The van der Waals surface area contributed by atoms with Crippen molar-refractivity contribution in [2.45, 2.75) is 45.8 Å². The molecule has 0 bridgehead atoms. The molecule has 10 heteroatoms. The molecule has 0 aliphatic carbocycles. The number of carbonyl (C=O) groups excluding carboxylic acids is 3. The second-order valence-corrected chi connectivity index (χ2v) is 10.7. The van der Waals surface area contributed by atoms with Gasteiger partial charge in [0.25, 0.3) is 11.8 Å². The average Bonchev–Trinajstić information content (AvgIpc) is 3.48. The maximum absolute atomic E-state index is 13.2. The first-order valence-electron chi connectivity index (χ1n) is 12.2. The van der Waals surface area contributed by atoms with Crippen LogP contribution in [0.2, 0.25) is 0 Å². The fraction of sp³-hybridized carbons (Fsp3) is 0.286. The van der Waals surface area contributed by atoms with Crippen LogP contribution < -0.4 is 16.0 Å². The Bertz CT molecular complexity index is 1460. The van der Waals surface area contributed by atoms with Crippen molar-refractivity contribution >= 4 is 45.3 Å². The fourth-order valence-electron chi connectivity index (χ4n) is 3.87. The zero-order valence-electron chi connectivity index (χ0n) is 22.0. The molecular formula is C28H31N5O4S. The van der Waals surface area contributed by atoms with E-state index < -0.39 is 11.6 Å². The van der Waals surface area contributed by atoms with Crippen molar-refractivity contribution in [2.75, 3.05) is 12.4 Å². The second kappa shape index (κ2) is 11.2. The number of methoxy groups -OCH3 is 1. The van der Waals surface area contributed by atoms with Crippen LogP contribution in [0.5, 0.6) is 0 Å². The molecule has 0 saturated heterocycles. The first-order chi connectivity index (χ1) is 18.1. The SMILES string of the molecule is COC(=O)n1nc(NC(=O)c2ccc(CNC(C)C)cc2)c2cc(C(=O)NC(C)(C)c3ccccc3)sc21. The predicted molar refractivity (Wildman–Crippen MR) is 149 cm³/mol. The van der Waals surface area contributed by atoms with Crippen LogP contribution in [-0.4, -0.2) is 40.8 Å². The number of anilines is 1. The summed E-state index contributed by atoms with van der Waals surface area (Å²) < 4.78 is 5.91. The number of benzene rings is 2. The van der Waals surface area contributed by atoms with Crippen molar-refractivity contribution in [3.8, 4) is 0 Å². The lowest BCUT2D eigenvalue weighted by Crippen LogP contribution is -2.40. The Morgan fingerprint density at radius 3 is 2.34 bits per heavy atom. The quantitative estimate of drug-likeness (QED) is 0.289. The highest BCUT2D eigenvalue weighted by atomic mass is 32.1. The van der Waals surface area contributed by atoms with Gasteiger partial charge in [-0.1, -0.05) is 56.3 Å². The van der Waals surface area contributed by atoms with Crippen LogP contribution in [0.4, 0.5) is 10.6 Å². The van der Waals surface area contributed by atoms with Crippen LogP contribution in [0.1, 0.15) is 58.9 Å². The zero-order chi connectivity index (χ0) is 27.4. The van der Waals surface area contributed by atoms with Crippen molar-refractivity contribution in [1.29, 1.82) is 0 Å². The Morgan fingerprint density at radius 2 is 1.71 bits per heavy atom. The minimum absolute atomic E-state index is 0.165. The monoisotopic (exact) mass is 533 g/mol. The molecule has 0 atom stereocenters. The molecule has 2 aromatic heterocycles. The Morgan fingerprint density at radius 1 is 1.03 bits per heavy atom. The summed E-state index contributed by atoms with van der Waals surface area (Å²) in [7, 11) is 1.24. The Kier molecular flexibility index (Phi) is 7.94. The molecule has 0 unspecified atom stereocenters. The summed E-state index contributed by atoms with van der Waals surface area (Å²) in [5.74, 6) is -0.523. The number of nitrogens with one attached hydrogen (secondary N) is 3. The van der Waals surface area contributed by atoms with Gasteiger partial charge in [-0.2, -0.15) is 4.68 Å². The Labute approximate surface area is 225 Å². The lowest BCUT2D eigenvalue weighted by Gasteiger charge is -2.26. The van der Waals surface area contributed by atoms with E-state index in [0.29, 0.717) is 33.2 Å². The van der Waals surface area contributed by atoms with Crippen LogP contribution in [0.25, 0.3) is 10.2 Å². The van der Waals surface area contributed by atoms with E-state index in [1.165, 1.54) is 7.11 Å². The van der Waals surface area contributed by atoms with Gasteiger partial charge in [-0.15, -0.1) is 16.4 Å². The van der Waals surface area contributed by atoms with Gasteiger partial charge in [-0.05, 0) is 43.2 Å². The molecule has 0 saturated carbocycles. The summed E-state index contributed by atoms with van der Waals surface area (Å²) in [4.78, 5) is 39.4. The van der Waals surface area contributed by atoms with E-state index >= 15 is 0 Å². The molecule has 4 rings (SSSR count). The molecule has 3 N–H and O–H groups in total. The smallest absolute Gasteiger partial charge is 0.435 e. The van der Waals surface area contributed by atoms with Crippen LogP contribution >= 0.6 is 11.3 Å². The minimum Gasteiger partial charge on any atom is -0.451 e. The summed E-state index contributed by atoms with van der Waals surface area (Å²) in [6, 6.07) is 18.9. The Hall–Kier alpha value is -4.02. The molecule has 0 aliphatic heterocycles. The van der Waals surface area contributed by atoms with Crippen molar-refractivity contribution in [3.05, 3.63) is 82.2 Å². The lowest BCUT2D eigenvalue weighted by atomic mass is 9.94. The number of carbonyl (C=O) groups is 3. The summed E-state index contributed by atoms with van der Waals surface area (Å²) in [6.45, 7) is 8.67. The van der Waals surface area contributed by atoms with Crippen LogP contribution in [-0.2, 0) is 16.8 Å². The van der Waals surface area contributed by atoms with E-state index in [9.17, 15) is 14.4 Å². The zero-order valence-corrected chi connectivity index (χ0v) is 22.8. The molecule has 2 amide bonds. The van der Waals surface area contributed by atoms with Gasteiger partial charge in [0.1, 0.15) is 4.83 Å². The van der Waals surface area contributed by atoms with Gasteiger partial charge in [0, 0.05) is 18.2 Å². The molecular weight excluding hydrogens is 502 g/mol. The van der Waals surface area contributed by atoms with E-state index in [1.807, 2.05) is 56.3 Å². The van der Waals surface area contributed by atoms with Gasteiger partial charge >= 0.3 is 6.09 Å². The normalized spacial score (nSPS) is 11.5. The highest BCUT2D eigenvalue weighted by molar-refractivity contribution is 7.20. The van der Waals surface area contributed by atoms with E-state index in [1.54, 1.807) is 18.2 Å². The highest BCUT2D eigenvalue weighted by Gasteiger charge is 2.27. The van der Waals surface area contributed by atoms with Crippen molar-refractivity contribution < 1.29 is 19.1 Å². The number of amides is 2. The lowest BCUT2D eigenvalue weighted by molar-refractivity contribution is 0.0915. The molecule has 38 heavy (non-hydrogen) atoms. The van der Waals surface area contributed by atoms with Gasteiger partial charge < -0.3 is 20.7 Å². The number of nitrogens with zero attached hydrogens (tertiary/aromatic N) is 2. The number of hydrogen-bond acceptors (Lipinski definition) is 7. The second-order valence-electron chi connectivity index (χ2n) is 9.69. The third-order valence-corrected chi connectivity index (χ3v) is 7.12. The summed E-state index contributed by atoms with van der Waals surface area (Å²) in [6.07, 6.45) is -0.726. The predicted octanol–water partition coefficient (Wildman–Crippen LogP) is 5.13. The maximum atomic E-state index is 13.2. The van der Waals surface area contributed by atoms with Crippen molar-refractivity contribution in [3.63, 3.8) is 0 Å². The van der Waals surface area contributed by atoms with Crippen LogP contribution in [0.15, 0.2) is 60.7 Å². The third-order valence-electron chi connectivity index (χ3n) is 6.02. The molecule has 0 radical (unpaired) electrons.